The van der Waals surface area contributed by atoms with Crippen molar-refractivity contribution < 1.29 is 9.18 Å². The lowest BCUT2D eigenvalue weighted by Crippen LogP contribution is -2.36. The quantitative estimate of drug-likeness (QED) is 0.423. The van der Waals surface area contributed by atoms with E-state index >= 15 is 0 Å². The number of anilines is 1. The molecule has 0 bridgehead atoms. The molecular weight excluding hydrogens is 425 g/mol. The van der Waals surface area contributed by atoms with Crippen molar-refractivity contribution in [2.75, 3.05) is 4.90 Å². The third kappa shape index (κ3) is 4.24. The Hall–Kier alpha value is -3.10. The zero-order valence-corrected chi connectivity index (χ0v) is 17.5. The minimum atomic E-state index is -0.583. The molecule has 0 aliphatic heterocycles. The highest BCUT2D eigenvalue weighted by molar-refractivity contribution is 7.14. The Morgan fingerprint density at radius 3 is 2.70 bits per heavy atom. The van der Waals surface area contributed by atoms with Crippen molar-refractivity contribution in [3.05, 3.63) is 83.0 Å². The number of rotatable bonds is 6. The van der Waals surface area contributed by atoms with Crippen LogP contribution in [0, 0.1) is 5.82 Å². The van der Waals surface area contributed by atoms with Gasteiger partial charge in [0.1, 0.15) is 24.5 Å². The van der Waals surface area contributed by atoms with Gasteiger partial charge in [0.25, 0.3) is 5.91 Å². The summed E-state index contributed by atoms with van der Waals surface area (Å²) in [7, 11) is 0. The van der Waals surface area contributed by atoms with E-state index in [-0.39, 0.29) is 18.3 Å². The molecule has 0 spiro atoms. The van der Waals surface area contributed by atoms with Crippen molar-refractivity contribution >= 4 is 34.0 Å². The molecule has 2 aromatic heterocycles. The van der Waals surface area contributed by atoms with Gasteiger partial charge in [0, 0.05) is 16.0 Å². The molecule has 30 heavy (non-hydrogen) atoms. The molecule has 2 heterocycles. The number of thiazole rings is 1. The van der Waals surface area contributed by atoms with E-state index in [1.807, 2.05) is 23.6 Å². The van der Waals surface area contributed by atoms with E-state index in [0.717, 1.165) is 11.1 Å². The van der Waals surface area contributed by atoms with Crippen LogP contribution in [0.4, 0.5) is 9.52 Å². The predicted molar refractivity (Wildman–Crippen MR) is 115 cm³/mol. The summed E-state index contributed by atoms with van der Waals surface area (Å²) < 4.78 is 14.8. The topological polar surface area (TPSA) is 63.9 Å². The van der Waals surface area contributed by atoms with E-state index in [9.17, 15) is 9.18 Å². The van der Waals surface area contributed by atoms with Gasteiger partial charge < -0.3 is 0 Å². The molecule has 6 nitrogen and oxygen atoms in total. The van der Waals surface area contributed by atoms with Crippen molar-refractivity contribution in [2.24, 2.45) is 0 Å². The van der Waals surface area contributed by atoms with E-state index in [4.69, 9.17) is 11.6 Å². The minimum Gasteiger partial charge on any atom is -0.282 e. The van der Waals surface area contributed by atoms with Crippen LogP contribution < -0.4 is 4.90 Å². The SMILES string of the molecule is CC(C(=O)N(Cc1ccc(F)cc1)c1nc(-c2ccccc2Cl)cs1)n1cncn1. The Morgan fingerprint density at radius 1 is 1.23 bits per heavy atom. The highest BCUT2D eigenvalue weighted by Crippen LogP contribution is 2.33. The predicted octanol–water partition coefficient (Wildman–Crippen LogP) is 4.99. The second kappa shape index (κ2) is 8.73. The van der Waals surface area contributed by atoms with Crippen molar-refractivity contribution in [3.63, 3.8) is 0 Å². The van der Waals surface area contributed by atoms with E-state index in [1.54, 1.807) is 30.0 Å². The van der Waals surface area contributed by atoms with Gasteiger partial charge in [-0.25, -0.2) is 19.0 Å². The van der Waals surface area contributed by atoms with Crippen LogP contribution in [0.1, 0.15) is 18.5 Å². The van der Waals surface area contributed by atoms with E-state index in [0.29, 0.717) is 15.8 Å². The van der Waals surface area contributed by atoms with Gasteiger partial charge in [0.15, 0.2) is 5.13 Å². The Kier molecular flexibility index (Phi) is 5.87. The second-order valence-electron chi connectivity index (χ2n) is 6.60. The van der Waals surface area contributed by atoms with Crippen LogP contribution in [-0.4, -0.2) is 25.7 Å². The molecule has 0 saturated heterocycles. The maximum Gasteiger partial charge on any atom is 0.253 e. The van der Waals surface area contributed by atoms with E-state index in [2.05, 4.69) is 15.1 Å². The first-order valence-corrected chi connectivity index (χ1v) is 10.4. The maximum atomic E-state index is 13.3. The van der Waals surface area contributed by atoms with Gasteiger partial charge in [-0.15, -0.1) is 11.3 Å². The van der Waals surface area contributed by atoms with Gasteiger partial charge in [-0.05, 0) is 30.7 Å². The fourth-order valence-electron chi connectivity index (χ4n) is 2.95. The first kappa shape index (κ1) is 20.2. The summed E-state index contributed by atoms with van der Waals surface area (Å²) in [5.74, 6) is -0.534. The van der Waals surface area contributed by atoms with E-state index in [1.165, 1.54) is 40.8 Å². The molecule has 4 rings (SSSR count). The van der Waals surface area contributed by atoms with Crippen LogP contribution in [-0.2, 0) is 11.3 Å². The summed E-state index contributed by atoms with van der Waals surface area (Å²) in [6, 6.07) is 12.9. The Balaban J connectivity index is 1.69. The second-order valence-corrected chi connectivity index (χ2v) is 7.84. The molecule has 9 heteroatoms. The Labute approximate surface area is 181 Å². The lowest BCUT2D eigenvalue weighted by molar-refractivity contribution is -0.121. The largest absolute Gasteiger partial charge is 0.282 e. The molecule has 1 unspecified atom stereocenters. The van der Waals surface area contributed by atoms with Gasteiger partial charge in [0.2, 0.25) is 0 Å². The molecule has 4 aromatic rings. The minimum absolute atomic E-state index is 0.204. The van der Waals surface area contributed by atoms with E-state index < -0.39 is 6.04 Å². The van der Waals surface area contributed by atoms with Gasteiger partial charge >= 0.3 is 0 Å². The summed E-state index contributed by atoms with van der Waals surface area (Å²) in [5.41, 5.74) is 2.26. The van der Waals surface area contributed by atoms with Crippen LogP contribution in [0.2, 0.25) is 5.02 Å². The molecule has 0 fully saturated rings. The third-order valence-electron chi connectivity index (χ3n) is 4.58. The fourth-order valence-corrected chi connectivity index (χ4v) is 4.01. The molecule has 0 saturated carbocycles. The standard InChI is InChI=1S/C21H17ClFN5OS/c1-14(28-13-24-12-25-28)20(29)27(10-15-6-8-16(23)9-7-15)21-26-19(11-30-21)17-4-2-3-5-18(17)22/h2-9,11-14H,10H2,1H3. The Morgan fingerprint density at radius 2 is 2.00 bits per heavy atom. The normalized spacial score (nSPS) is 12.0. The number of halogens is 2. The molecule has 152 valence electrons. The monoisotopic (exact) mass is 441 g/mol. The highest BCUT2D eigenvalue weighted by atomic mass is 35.5. The summed E-state index contributed by atoms with van der Waals surface area (Å²) >= 11 is 7.65. The fraction of sp³-hybridized carbons (Fsp3) is 0.143. The molecule has 0 N–H and O–H groups in total. The first-order chi connectivity index (χ1) is 14.5. The number of hydrogen-bond donors (Lipinski definition) is 0. The summed E-state index contributed by atoms with van der Waals surface area (Å²) in [6.07, 6.45) is 2.88. The Bertz CT molecular complexity index is 1150. The number of carbonyl (C=O) groups excluding carboxylic acids is 1. The van der Waals surface area contributed by atoms with Crippen LogP contribution in [0.25, 0.3) is 11.3 Å². The van der Waals surface area contributed by atoms with Crippen molar-refractivity contribution in [1.82, 2.24) is 19.7 Å². The van der Waals surface area contributed by atoms with Crippen LogP contribution >= 0.6 is 22.9 Å². The summed E-state index contributed by atoms with van der Waals surface area (Å²) in [4.78, 5) is 23.5. The molecular formula is C21H17ClFN5OS. The van der Waals surface area contributed by atoms with Crippen molar-refractivity contribution in [1.29, 1.82) is 0 Å². The molecule has 2 aromatic carbocycles. The first-order valence-electron chi connectivity index (χ1n) is 9.13. The van der Waals surface area contributed by atoms with Crippen LogP contribution in [0.15, 0.2) is 66.6 Å². The lowest BCUT2D eigenvalue weighted by Gasteiger charge is -2.23. The molecule has 0 radical (unpaired) electrons. The zero-order chi connectivity index (χ0) is 21.1. The van der Waals surface area contributed by atoms with Gasteiger partial charge in [-0.2, -0.15) is 5.10 Å². The number of carbonyl (C=O) groups is 1. The smallest absolute Gasteiger partial charge is 0.253 e. The number of amides is 1. The molecule has 0 aliphatic carbocycles. The van der Waals surface area contributed by atoms with Gasteiger partial charge in [0.05, 0.1) is 12.2 Å². The van der Waals surface area contributed by atoms with Crippen LogP contribution in [0.5, 0.6) is 0 Å². The number of benzene rings is 2. The lowest BCUT2D eigenvalue weighted by atomic mass is 10.2. The molecule has 1 amide bonds. The average Bonchev–Trinajstić information content (AvgIpc) is 3.45. The van der Waals surface area contributed by atoms with Gasteiger partial charge in [-0.3, -0.25) is 9.69 Å². The summed E-state index contributed by atoms with van der Waals surface area (Å²) in [6.45, 7) is 1.99. The average molecular weight is 442 g/mol. The number of aromatic nitrogens is 4. The van der Waals surface area contributed by atoms with Crippen molar-refractivity contribution in [2.45, 2.75) is 19.5 Å². The summed E-state index contributed by atoms with van der Waals surface area (Å²) in [5, 5.41) is 7.04. The highest BCUT2D eigenvalue weighted by Gasteiger charge is 2.26. The molecule has 1 atom stereocenters. The zero-order valence-electron chi connectivity index (χ0n) is 15.9. The number of nitrogens with zero attached hydrogens (tertiary/aromatic N) is 5. The van der Waals surface area contributed by atoms with Crippen molar-refractivity contribution in [3.8, 4) is 11.3 Å². The molecule has 0 aliphatic rings. The third-order valence-corrected chi connectivity index (χ3v) is 5.78. The number of hydrogen-bond acceptors (Lipinski definition) is 5. The maximum absolute atomic E-state index is 13.3. The van der Waals surface area contributed by atoms with Gasteiger partial charge in [-0.1, -0.05) is 41.9 Å². The van der Waals surface area contributed by atoms with Crippen LogP contribution in [0.3, 0.4) is 0 Å².